The SMILES string of the molecule is O=C(NCC1CC2CCN1CC2CN1CCc2ccccc21)c1ccco1. The molecule has 1 aromatic carbocycles. The van der Waals surface area contributed by atoms with Crippen LogP contribution >= 0.6 is 0 Å². The minimum atomic E-state index is -0.104. The smallest absolute Gasteiger partial charge is 0.287 e. The lowest BCUT2D eigenvalue weighted by Crippen LogP contribution is -2.58. The molecule has 0 spiro atoms. The fourth-order valence-corrected chi connectivity index (χ4v) is 5.25. The molecule has 27 heavy (non-hydrogen) atoms. The average Bonchev–Trinajstić information content (AvgIpc) is 3.38. The highest BCUT2D eigenvalue weighted by Crippen LogP contribution is 2.38. The summed E-state index contributed by atoms with van der Waals surface area (Å²) < 4.78 is 5.19. The molecule has 4 aliphatic heterocycles. The van der Waals surface area contributed by atoms with Crippen LogP contribution in [-0.2, 0) is 6.42 Å². The van der Waals surface area contributed by atoms with Gasteiger partial charge in [-0.15, -0.1) is 0 Å². The third kappa shape index (κ3) is 3.25. The third-order valence-electron chi connectivity index (χ3n) is 6.70. The molecule has 4 aliphatic rings. The van der Waals surface area contributed by atoms with Crippen molar-refractivity contribution in [1.29, 1.82) is 0 Å². The minimum absolute atomic E-state index is 0.104. The number of hydrogen-bond acceptors (Lipinski definition) is 4. The fourth-order valence-electron chi connectivity index (χ4n) is 5.25. The number of carbonyl (C=O) groups excluding carboxylic acids is 1. The maximum absolute atomic E-state index is 12.1. The maximum atomic E-state index is 12.1. The lowest BCUT2D eigenvalue weighted by molar-refractivity contribution is 0.00485. The summed E-state index contributed by atoms with van der Waals surface area (Å²) >= 11 is 0. The van der Waals surface area contributed by atoms with Crippen LogP contribution in [0.15, 0.2) is 47.1 Å². The molecule has 0 saturated carbocycles. The fraction of sp³-hybridized carbons (Fsp3) is 0.500. The summed E-state index contributed by atoms with van der Waals surface area (Å²) in [6, 6.07) is 12.8. The van der Waals surface area contributed by atoms with Gasteiger partial charge >= 0.3 is 0 Å². The van der Waals surface area contributed by atoms with E-state index in [2.05, 4.69) is 39.4 Å². The predicted octanol–water partition coefficient (Wildman–Crippen LogP) is 2.78. The lowest BCUT2D eigenvalue weighted by atomic mass is 9.75. The highest BCUT2D eigenvalue weighted by molar-refractivity contribution is 5.91. The van der Waals surface area contributed by atoms with Crippen molar-refractivity contribution in [2.45, 2.75) is 25.3 Å². The molecule has 4 unspecified atom stereocenters. The van der Waals surface area contributed by atoms with Gasteiger partial charge in [0.15, 0.2) is 5.76 Å². The van der Waals surface area contributed by atoms with Crippen molar-refractivity contribution in [2.24, 2.45) is 11.8 Å². The Hall–Kier alpha value is -2.27. The van der Waals surface area contributed by atoms with Crippen LogP contribution in [0.2, 0.25) is 0 Å². The number of anilines is 1. The molecule has 2 aromatic rings. The first-order chi connectivity index (χ1) is 13.3. The van der Waals surface area contributed by atoms with Crippen LogP contribution in [0.25, 0.3) is 0 Å². The number of rotatable bonds is 5. The number of fused-ring (bicyclic) bond motifs is 4. The normalized spacial score (nSPS) is 29.0. The largest absolute Gasteiger partial charge is 0.459 e. The van der Waals surface area contributed by atoms with Crippen molar-refractivity contribution in [1.82, 2.24) is 10.2 Å². The molecule has 4 atom stereocenters. The molecule has 5 nitrogen and oxygen atoms in total. The number of carbonyl (C=O) groups is 1. The number of benzene rings is 1. The summed E-state index contributed by atoms with van der Waals surface area (Å²) in [4.78, 5) is 17.3. The molecular weight excluding hydrogens is 338 g/mol. The first-order valence-electron chi connectivity index (χ1n) is 10.2. The van der Waals surface area contributed by atoms with E-state index in [9.17, 15) is 4.79 Å². The molecule has 3 fully saturated rings. The van der Waals surface area contributed by atoms with Gasteiger partial charge in [0.25, 0.3) is 5.91 Å². The standard InChI is InChI=1S/C22H27N3O2/c26-22(21-6-3-11-27-21)23-13-19-12-17-8-9-24(19)14-18(17)15-25-10-7-16-4-1-2-5-20(16)25/h1-6,11,17-19H,7-10,12-15H2,(H,23,26). The molecule has 1 N–H and O–H groups in total. The van der Waals surface area contributed by atoms with Gasteiger partial charge in [0.1, 0.15) is 0 Å². The first-order valence-corrected chi connectivity index (χ1v) is 10.2. The summed E-state index contributed by atoms with van der Waals surface area (Å²) in [7, 11) is 0. The predicted molar refractivity (Wildman–Crippen MR) is 105 cm³/mol. The molecule has 5 heteroatoms. The Bertz CT molecular complexity index is 804. The second-order valence-electron chi connectivity index (χ2n) is 8.21. The van der Waals surface area contributed by atoms with Crippen LogP contribution in [0.3, 0.4) is 0 Å². The Balaban J connectivity index is 1.18. The van der Waals surface area contributed by atoms with E-state index in [1.54, 1.807) is 18.4 Å². The van der Waals surface area contributed by atoms with E-state index in [4.69, 9.17) is 4.42 Å². The molecule has 0 aliphatic carbocycles. The highest BCUT2D eigenvalue weighted by Gasteiger charge is 2.41. The molecule has 0 radical (unpaired) electrons. The molecule has 3 saturated heterocycles. The molecule has 2 bridgehead atoms. The van der Waals surface area contributed by atoms with E-state index in [0.717, 1.165) is 31.5 Å². The number of amides is 1. The zero-order chi connectivity index (χ0) is 18.2. The van der Waals surface area contributed by atoms with Gasteiger partial charge < -0.3 is 14.6 Å². The van der Waals surface area contributed by atoms with Gasteiger partial charge in [-0.2, -0.15) is 0 Å². The van der Waals surface area contributed by atoms with Crippen molar-refractivity contribution in [3.8, 4) is 0 Å². The van der Waals surface area contributed by atoms with Crippen molar-refractivity contribution < 1.29 is 9.21 Å². The number of nitrogens with zero attached hydrogens (tertiary/aromatic N) is 2. The van der Waals surface area contributed by atoms with Gasteiger partial charge in [-0.25, -0.2) is 0 Å². The van der Waals surface area contributed by atoms with Crippen LogP contribution < -0.4 is 10.2 Å². The Labute approximate surface area is 160 Å². The third-order valence-corrected chi connectivity index (χ3v) is 6.70. The Morgan fingerprint density at radius 1 is 1.19 bits per heavy atom. The van der Waals surface area contributed by atoms with Crippen LogP contribution in [0.4, 0.5) is 5.69 Å². The number of hydrogen-bond donors (Lipinski definition) is 1. The van der Waals surface area contributed by atoms with E-state index >= 15 is 0 Å². The van der Waals surface area contributed by atoms with E-state index in [0.29, 0.717) is 11.8 Å². The lowest BCUT2D eigenvalue weighted by Gasteiger charge is -2.50. The van der Waals surface area contributed by atoms with Gasteiger partial charge in [0.05, 0.1) is 6.26 Å². The second-order valence-corrected chi connectivity index (χ2v) is 8.21. The molecule has 1 aromatic heterocycles. The number of para-hydroxylation sites is 1. The van der Waals surface area contributed by atoms with Crippen molar-refractivity contribution >= 4 is 11.6 Å². The summed E-state index contributed by atoms with van der Waals surface area (Å²) in [5.41, 5.74) is 2.94. The molecule has 5 heterocycles. The quantitative estimate of drug-likeness (QED) is 0.885. The van der Waals surface area contributed by atoms with E-state index in [-0.39, 0.29) is 5.91 Å². The van der Waals surface area contributed by atoms with E-state index in [1.165, 1.54) is 43.6 Å². The highest BCUT2D eigenvalue weighted by atomic mass is 16.3. The van der Waals surface area contributed by atoms with Crippen molar-refractivity contribution in [3.63, 3.8) is 0 Å². The molecule has 6 rings (SSSR count). The average molecular weight is 365 g/mol. The second kappa shape index (κ2) is 7.04. The van der Waals surface area contributed by atoms with Crippen LogP contribution in [0.5, 0.6) is 0 Å². The number of nitrogens with one attached hydrogen (secondary N) is 1. The van der Waals surface area contributed by atoms with E-state index < -0.39 is 0 Å². The number of furan rings is 1. The maximum Gasteiger partial charge on any atom is 0.287 e. The van der Waals surface area contributed by atoms with Gasteiger partial charge in [-0.3, -0.25) is 9.69 Å². The minimum Gasteiger partial charge on any atom is -0.459 e. The summed E-state index contributed by atoms with van der Waals surface area (Å²) in [6.45, 7) is 5.37. The summed E-state index contributed by atoms with van der Waals surface area (Å²) in [5.74, 6) is 1.81. The van der Waals surface area contributed by atoms with Gasteiger partial charge in [0, 0.05) is 37.9 Å². The van der Waals surface area contributed by atoms with Crippen LogP contribution in [-0.4, -0.2) is 49.6 Å². The van der Waals surface area contributed by atoms with Crippen LogP contribution in [0.1, 0.15) is 29.0 Å². The van der Waals surface area contributed by atoms with Crippen molar-refractivity contribution in [2.75, 3.05) is 37.6 Å². The van der Waals surface area contributed by atoms with Gasteiger partial charge in [-0.1, -0.05) is 18.2 Å². The molecular formula is C22H27N3O2. The zero-order valence-corrected chi connectivity index (χ0v) is 15.6. The van der Waals surface area contributed by atoms with E-state index in [1.807, 2.05) is 0 Å². The van der Waals surface area contributed by atoms with Gasteiger partial charge in [0.2, 0.25) is 0 Å². The Morgan fingerprint density at radius 3 is 2.93 bits per heavy atom. The molecule has 1 amide bonds. The van der Waals surface area contributed by atoms with Crippen molar-refractivity contribution in [3.05, 3.63) is 54.0 Å². The summed E-state index contributed by atoms with van der Waals surface area (Å²) in [6.07, 6.45) is 5.21. The first kappa shape index (κ1) is 16.9. The zero-order valence-electron chi connectivity index (χ0n) is 15.6. The molecule has 142 valence electrons. The van der Waals surface area contributed by atoms with Gasteiger partial charge in [-0.05, 0) is 61.4 Å². The summed E-state index contributed by atoms with van der Waals surface area (Å²) in [5, 5.41) is 3.06. The monoisotopic (exact) mass is 365 g/mol. The number of piperidine rings is 3. The topological polar surface area (TPSA) is 48.7 Å². The Kier molecular flexibility index (Phi) is 4.40. The Morgan fingerprint density at radius 2 is 2.11 bits per heavy atom. The van der Waals surface area contributed by atoms with Crippen LogP contribution in [0, 0.1) is 11.8 Å².